The quantitative estimate of drug-likeness (QED) is 0.762. The largest absolute Gasteiger partial charge is 0.481 e. The smallest absolute Gasteiger partial charge is 0.392 e. The van der Waals surface area contributed by atoms with Gasteiger partial charge < -0.3 is 10.4 Å². The highest BCUT2D eigenvalue weighted by Gasteiger charge is 2.39. The number of rotatable bonds is 5. The van der Waals surface area contributed by atoms with Crippen LogP contribution in [0.1, 0.15) is 48.5 Å². The van der Waals surface area contributed by atoms with Crippen LogP contribution in [-0.2, 0) is 4.79 Å². The molecular weight excluding hydrogens is 385 g/mol. The summed E-state index contributed by atoms with van der Waals surface area (Å²) in [4.78, 5) is 27.4. The number of carboxylic acid groups (broad SMARTS) is 1. The molecule has 1 aromatic heterocycles. The lowest BCUT2D eigenvalue weighted by Gasteiger charge is -2.24. The Labute approximate surface area is 165 Å². The number of benzene rings is 1. The summed E-state index contributed by atoms with van der Waals surface area (Å²) in [5, 5.41) is 12.1. The van der Waals surface area contributed by atoms with Crippen molar-refractivity contribution in [3.63, 3.8) is 0 Å². The Balaban J connectivity index is 1.83. The number of amides is 1. The molecule has 154 valence electrons. The third-order valence-corrected chi connectivity index (χ3v) is 5.05. The summed E-state index contributed by atoms with van der Waals surface area (Å²) in [6.45, 7) is 1.60. The van der Waals surface area contributed by atoms with Gasteiger partial charge in [0.05, 0.1) is 23.4 Å². The average molecular weight is 406 g/mol. The number of fused-ring (bicyclic) bond motifs is 1. The number of hydrogen-bond donors (Lipinski definition) is 2. The third kappa shape index (κ3) is 4.93. The third-order valence-electron chi connectivity index (χ3n) is 5.05. The van der Waals surface area contributed by atoms with Crippen LogP contribution >= 0.6 is 0 Å². The van der Waals surface area contributed by atoms with Gasteiger partial charge in [-0.05, 0) is 37.8 Å². The number of alkyl halides is 3. The van der Waals surface area contributed by atoms with Crippen LogP contribution < -0.4 is 5.32 Å². The fourth-order valence-electron chi connectivity index (χ4n) is 3.54. The highest BCUT2D eigenvalue weighted by molar-refractivity contribution is 5.99. The maximum absolute atomic E-state index is 12.9. The highest BCUT2D eigenvalue weighted by atomic mass is 19.4. The number of nitrogens with one attached hydrogen (secondary N) is 1. The maximum atomic E-state index is 12.9. The first-order valence-corrected chi connectivity index (χ1v) is 9.32. The van der Waals surface area contributed by atoms with Gasteiger partial charge in [-0.1, -0.05) is 24.3 Å². The Kier molecular flexibility index (Phi) is 5.91. The Bertz CT molecular complexity index is 969. The van der Waals surface area contributed by atoms with E-state index in [1.807, 2.05) is 6.07 Å². The predicted molar refractivity (Wildman–Crippen MR) is 102 cm³/mol. The van der Waals surface area contributed by atoms with E-state index in [0.29, 0.717) is 22.9 Å². The number of aromatic nitrogens is 1. The van der Waals surface area contributed by atoms with Crippen molar-refractivity contribution in [1.29, 1.82) is 0 Å². The Morgan fingerprint density at radius 2 is 2.10 bits per heavy atom. The second-order valence-corrected chi connectivity index (χ2v) is 7.32. The fourth-order valence-corrected chi connectivity index (χ4v) is 3.54. The van der Waals surface area contributed by atoms with Crippen molar-refractivity contribution >= 4 is 28.4 Å². The van der Waals surface area contributed by atoms with Crippen LogP contribution in [0.25, 0.3) is 16.5 Å². The van der Waals surface area contributed by atoms with Crippen LogP contribution in [0.4, 0.5) is 13.2 Å². The average Bonchev–Trinajstić information content (AvgIpc) is 2.65. The Hall–Kier alpha value is -2.90. The molecule has 8 heteroatoms. The molecule has 0 radical (unpaired) electrons. The van der Waals surface area contributed by atoms with E-state index in [0.717, 1.165) is 11.1 Å². The van der Waals surface area contributed by atoms with Crippen molar-refractivity contribution in [2.45, 2.75) is 44.8 Å². The molecule has 1 aromatic carbocycles. The van der Waals surface area contributed by atoms with E-state index in [1.165, 1.54) is 6.20 Å². The first-order chi connectivity index (χ1) is 13.6. The molecule has 3 rings (SSSR count). The fraction of sp³-hybridized carbons (Fsp3) is 0.381. The Morgan fingerprint density at radius 3 is 2.72 bits per heavy atom. The summed E-state index contributed by atoms with van der Waals surface area (Å²) in [6, 6.07) is 6.51. The number of pyridine rings is 1. The zero-order chi connectivity index (χ0) is 21.2. The van der Waals surface area contributed by atoms with E-state index in [-0.39, 0.29) is 19.3 Å². The normalized spacial score (nSPS) is 18.2. The van der Waals surface area contributed by atoms with Gasteiger partial charge in [0.25, 0.3) is 5.91 Å². The number of halogens is 3. The van der Waals surface area contributed by atoms with Gasteiger partial charge in [0.2, 0.25) is 0 Å². The van der Waals surface area contributed by atoms with Crippen LogP contribution in [0.15, 0.2) is 36.5 Å². The number of allylic oxidation sites excluding steroid dienone is 2. The summed E-state index contributed by atoms with van der Waals surface area (Å²) in [7, 11) is 0. The molecule has 0 saturated carbocycles. The standard InChI is InChI=1S/C21H21F3N2O3/c1-12(9-18(27)28)26-20(29)15-10-14-3-2-4-17(19(14)25-11-15)13-5-7-16(8-6-13)21(22,23)24/h2-5,10-12,16H,6-9H2,1H3,(H,26,29)(H,27,28)/t12?,16-/m1/s1. The highest BCUT2D eigenvalue weighted by Crippen LogP contribution is 2.40. The van der Waals surface area contributed by atoms with Gasteiger partial charge in [0.1, 0.15) is 0 Å². The number of carboxylic acids is 1. The summed E-state index contributed by atoms with van der Waals surface area (Å²) < 4.78 is 38.7. The Morgan fingerprint density at radius 1 is 1.34 bits per heavy atom. The first-order valence-electron chi connectivity index (χ1n) is 9.32. The molecule has 2 aromatic rings. The van der Waals surface area contributed by atoms with E-state index in [2.05, 4.69) is 10.3 Å². The molecule has 0 spiro atoms. The van der Waals surface area contributed by atoms with Crippen LogP contribution in [0.5, 0.6) is 0 Å². The summed E-state index contributed by atoms with van der Waals surface area (Å²) in [5.74, 6) is -2.74. The van der Waals surface area contributed by atoms with Crippen molar-refractivity contribution < 1.29 is 27.9 Å². The summed E-state index contributed by atoms with van der Waals surface area (Å²) in [5.41, 5.74) is 2.52. The van der Waals surface area contributed by atoms with E-state index in [1.54, 1.807) is 31.2 Å². The lowest BCUT2D eigenvalue weighted by atomic mass is 9.85. The lowest BCUT2D eigenvalue weighted by molar-refractivity contribution is -0.175. The van der Waals surface area contributed by atoms with E-state index >= 15 is 0 Å². The number of hydrogen-bond acceptors (Lipinski definition) is 3. The lowest BCUT2D eigenvalue weighted by Crippen LogP contribution is -2.34. The molecule has 1 amide bonds. The second-order valence-electron chi connectivity index (χ2n) is 7.32. The molecule has 0 aliphatic heterocycles. The first kappa shape index (κ1) is 20.8. The van der Waals surface area contributed by atoms with Gasteiger partial charge >= 0.3 is 12.1 Å². The molecule has 1 aliphatic carbocycles. The maximum Gasteiger partial charge on any atom is 0.392 e. The zero-order valence-corrected chi connectivity index (χ0v) is 15.8. The molecule has 5 nitrogen and oxygen atoms in total. The summed E-state index contributed by atoms with van der Waals surface area (Å²) in [6.07, 6.45) is -1.02. The molecule has 2 N–H and O–H groups in total. The number of aliphatic carboxylic acids is 1. The second kappa shape index (κ2) is 8.23. The molecule has 0 saturated heterocycles. The van der Waals surface area contributed by atoms with E-state index < -0.39 is 30.0 Å². The van der Waals surface area contributed by atoms with Gasteiger partial charge in [0.15, 0.2) is 0 Å². The predicted octanol–water partition coefficient (Wildman–Crippen LogP) is 4.57. The van der Waals surface area contributed by atoms with Crippen LogP contribution in [0.2, 0.25) is 0 Å². The minimum absolute atomic E-state index is 0.0445. The SMILES string of the molecule is CC(CC(=O)O)NC(=O)c1cnc2c(C3=CC[C@@H](C(F)(F)F)CC3)cccc2c1. The van der Waals surface area contributed by atoms with Crippen molar-refractivity contribution in [1.82, 2.24) is 10.3 Å². The molecule has 1 unspecified atom stereocenters. The minimum atomic E-state index is -4.18. The summed E-state index contributed by atoms with van der Waals surface area (Å²) >= 11 is 0. The number of nitrogens with zero attached hydrogens (tertiary/aromatic N) is 1. The van der Waals surface area contributed by atoms with Gasteiger partial charge in [-0.25, -0.2) is 0 Å². The molecule has 0 fully saturated rings. The zero-order valence-electron chi connectivity index (χ0n) is 15.8. The van der Waals surface area contributed by atoms with Crippen LogP contribution in [0, 0.1) is 5.92 Å². The molecular formula is C21H21F3N2O3. The van der Waals surface area contributed by atoms with Gasteiger partial charge in [-0.15, -0.1) is 0 Å². The van der Waals surface area contributed by atoms with Gasteiger partial charge in [-0.3, -0.25) is 14.6 Å². The number of carbonyl (C=O) groups is 2. The molecule has 2 atom stereocenters. The monoisotopic (exact) mass is 406 g/mol. The van der Waals surface area contributed by atoms with Crippen LogP contribution in [-0.4, -0.2) is 34.2 Å². The van der Waals surface area contributed by atoms with Crippen molar-refractivity contribution in [2.24, 2.45) is 5.92 Å². The van der Waals surface area contributed by atoms with E-state index in [4.69, 9.17) is 5.11 Å². The number of carbonyl (C=O) groups excluding carboxylic acids is 1. The number of para-hydroxylation sites is 1. The van der Waals surface area contributed by atoms with Gasteiger partial charge in [-0.2, -0.15) is 13.2 Å². The molecule has 29 heavy (non-hydrogen) atoms. The molecule has 1 heterocycles. The van der Waals surface area contributed by atoms with Crippen molar-refractivity contribution in [2.75, 3.05) is 0 Å². The van der Waals surface area contributed by atoms with Crippen LogP contribution in [0.3, 0.4) is 0 Å². The van der Waals surface area contributed by atoms with Crippen molar-refractivity contribution in [3.8, 4) is 0 Å². The van der Waals surface area contributed by atoms with Gasteiger partial charge in [0, 0.05) is 23.2 Å². The van der Waals surface area contributed by atoms with E-state index in [9.17, 15) is 22.8 Å². The minimum Gasteiger partial charge on any atom is -0.481 e. The van der Waals surface area contributed by atoms with Crippen molar-refractivity contribution in [3.05, 3.63) is 47.7 Å². The molecule has 1 aliphatic rings. The molecule has 0 bridgehead atoms. The topological polar surface area (TPSA) is 79.3 Å².